The average Bonchev–Trinajstić information content (AvgIpc) is 3.80. The fourth-order valence-corrected chi connectivity index (χ4v) is 12.2. The zero-order valence-corrected chi connectivity index (χ0v) is 42.0. The minimum Gasteiger partial charge on any atom is -0.682 e. The Morgan fingerprint density at radius 3 is 1.76 bits per heavy atom. The number of nitrogens with two attached hydrogens (primary N) is 6. The van der Waals surface area contributed by atoms with Gasteiger partial charge in [-0.15, -0.1) is 0 Å². The molecular weight excluding hydrogens is 918 g/mol. The number of carbonyl (C=O) groups excluding carboxylic acids is 7. The summed E-state index contributed by atoms with van der Waals surface area (Å²) in [6.45, 7) is 16.8. The summed E-state index contributed by atoms with van der Waals surface area (Å²) in [4.78, 5) is 108. The second kappa shape index (κ2) is 20.4. The molecule has 0 aliphatic carbocycles. The Kier molecular flexibility index (Phi) is 16.6. The molecule has 0 aromatic heterocycles. The molecule has 0 aromatic rings. The predicted octanol–water partition coefficient (Wildman–Crippen LogP) is 2.52. The largest absolute Gasteiger partial charge is 2.00 e. The van der Waals surface area contributed by atoms with Crippen LogP contribution in [-0.4, -0.2) is 87.8 Å². The van der Waals surface area contributed by atoms with Gasteiger partial charge in [0.25, 0.3) is 0 Å². The maximum Gasteiger partial charge on any atom is 2.00 e. The molecule has 1 saturated heterocycles. The molecule has 10 atom stereocenters. The van der Waals surface area contributed by atoms with Gasteiger partial charge in [0.1, 0.15) is 0 Å². The Balaban J connectivity index is 0.0000101. The molecule has 375 valence electrons. The smallest absolute Gasteiger partial charge is 0.682 e. The van der Waals surface area contributed by atoms with Gasteiger partial charge in [-0.25, -0.2) is 0 Å². The first-order valence-electron chi connectivity index (χ1n) is 23.2. The van der Waals surface area contributed by atoms with Gasteiger partial charge in [-0.05, 0) is 81.9 Å². The van der Waals surface area contributed by atoms with Crippen molar-refractivity contribution in [2.75, 3.05) is 6.54 Å². The van der Waals surface area contributed by atoms with Crippen LogP contribution in [0.15, 0.2) is 49.3 Å². The monoisotopic (exact) mass is 989 g/mol. The number of nitrogens with zero attached hydrogens (tertiary/aromatic N) is 4. The van der Waals surface area contributed by atoms with E-state index in [-0.39, 0.29) is 93.4 Å². The summed E-state index contributed by atoms with van der Waals surface area (Å²) in [5, 5.41) is 18.3. The maximum atomic E-state index is 13.5. The molecule has 20 heteroatoms. The standard InChI is InChI=1S/C48H73N11O8.Co/c1-23(60)22-55-38(67)16-17-45(6)29(18-35(52)64)43-48(9)47(8,21-37(54)66)28(12-15-34(51)63)40(59-48)25(3)42-46(7,20-36(53)65)26(10-13-32(49)61)30(56-42)19-31-44(4,5)27(11-14-33(50)62)39(57-31)24(2)41(45)58-43;/h19,23,26-29,43,60H,10-18,20-22H2,1-9H3,(H14,49,50,51,52,53,54,55,56,57,58,59,61,62,63,64,65,66,67);/q;+2/p-1/t23-,26-,27-,28-,29+,43-,45-,46+,47+,48+;/m1./s1. The molecule has 1 fully saturated rings. The van der Waals surface area contributed by atoms with Crippen molar-refractivity contribution in [2.45, 2.75) is 151 Å². The SMILES string of the molecule is C/C1=C2/[N-][C@H]([C@H](CC(N)=O)[C@@]2(C)CCC(=O)NC[C@@H](C)O)[C@]2(C)N=C(/C(C)=C3N=C(/C=C4N=C1[C@@H](CCC(N)=O)C\4(C)C)[C@@H](CCC(N)=O)[C@]\3(C)CC(N)=O)[C@@H](CCC(N)=O)[C@]2(C)CC(N)=O.[Co+2]. The zero-order chi connectivity index (χ0) is 50.4. The number of fused-ring (bicyclic) bond motifs is 6. The zero-order valence-electron chi connectivity index (χ0n) is 40.9. The summed E-state index contributed by atoms with van der Waals surface area (Å²) in [5.74, 6) is -6.42. The van der Waals surface area contributed by atoms with Crippen molar-refractivity contribution < 1.29 is 55.4 Å². The summed E-state index contributed by atoms with van der Waals surface area (Å²) in [6, 6.07) is -0.923. The molecule has 5 aliphatic heterocycles. The van der Waals surface area contributed by atoms with E-state index in [9.17, 15) is 38.7 Å². The van der Waals surface area contributed by atoms with Crippen molar-refractivity contribution in [2.24, 2.45) is 94.7 Å². The third kappa shape index (κ3) is 10.4. The fraction of sp³-hybridized carbons (Fsp3) is 0.667. The first kappa shape index (κ1) is 55.4. The third-order valence-corrected chi connectivity index (χ3v) is 16.0. The van der Waals surface area contributed by atoms with Crippen LogP contribution in [0.2, 0.25) is 0 Å². The topological polar surface area (TPSA) is 359 Å². The van der Waals surface area contributed by atoms with Crippen LogP contribution >= 0.6 is 0 Å². The summed E-state index contributed by atoms with van der Waals surface area (Å²) < 4.78 is 0. The second-order valence-corrected chi connectivity index (χ2v) is 21.1. The summed E-state index contributed by atoms with van der Waals surface area (Å²) >= 11 is 0. The van der Waals surface area contributed by atoms with E-state index in [1.54, 1.807) is 6.92 Å². The number of nitrogens with one attached hydrogen (secondary N) is 1. The summed E-state index contributed by atoms with van der Waals surface area (Å²) in [5.41, 5.74) is 34.4. The number of allylic oxidation sites excluding steroid dienone is 6. The third-order valence-electron chi connectivity index (χ3n) is 16.0. The van der Waals surface area contributed by atoms with Gasteiger partial charge in [0.15, 0.2) is 0 Å². The van der Waals surface area contributed by atoms with Crippen molar-refractivity contribution in [1.29, 1.82) is 0 Å². The van der Waals surface area contributed by atoms with Gasteiger partial charge in [-0.3, -0.25) is 48.5 Å². The summed E-state index contributed by atoms with van der Waals surface area (Å²) in [7, 11) is 0. The second-order valence-electron chi connectivity index (χ2n) is 21.1. The Morgan fingerprint density at radius 1 is 0.706 bits per heavy atom. The van der Waals surface area contributed by atoms with E-state index in [1.807, 2.05) is 61.5 Å². The number of aliphatic imine (C=N–C) groups is 3. The van der Waals surface area contributed by atoms with Gasteiger partial charge in [0.05, 0.1) is 17.3 Å². The molecular formula is C48H72CoN11O8+. The fourth-order valence-electron chi connectivity index (χ4n) is 12.2. The van der Waals surface area contributed by atoms with Crippen LogP contribution in [0.25, 0.3) is 5.32 Å². The number of aliphatic hydroxyl groups is 1. The minimum atomic E-state index is -1.40. The molecule has 5 rings (SSSR count). The Hall–Kier alpha value is -5.21. The van der Waals surface area contributed by atoms with E-state index in [0.717, 1.165) is 0 Å². The number of hydrogen-bond donors (Lipinski definition) is 8. The first-order valence-corrected chi connectivity index (χ1v) is 23.2. The Morgan fingerprint density at radius 2 is 1.25 bits per heavy atom. The number of primary amides is 6. The van der Waals surface area contributed by atoms with Crippen LogP contribution in [0.4, 0.5) is 0 Å². The van der Waals surface area contributed by atoms with Crippen molar-refractivity contribution in [1.82, 2.24) is 5.32 Å². The van der Waals surface area contributed by atoms with Crippen molar-refractivity contribution in [3.8, 4) is 0 Å². The molecule has 14 N–H and O–H groups in total. The molecule has 7 amide bonds. The normalized spacial score (nSPS) is 34.6. The van der Waals surface area contributed by atoms with Crippen molar-refractivity contribution >= 4 is 58.5 Å². The Labute approximate surface area is 409 Å². The molecule has 0 aromatic carbocycles. The maximum absolute atomic E-state index is 13.5. The van der Waals surface area contributed by atoms with Crippen molar-refractivity contribution in [3.05, 3.63) is 39.6 Å². The number of rotatable bonds is 20. The van der Waals surface area contributed by atoms with Gasteiger partial charge in [0.2, 0.25) is 41.4 Å². The molecule has 8 bridgehead atoms. The minimum absolute atomic E-state index is 0. The van der Waals surface area contributed by atoms with Crippen LogP contribution in [0.5, 0.6) is 0 Å². The van der Waals surface area contributed by atoms with Crippen LogP contribution in [-0.2, 0) is 50.3 Å². The molecule has 19 nitrogen and oxygen atoms in total. The van der Waals surface area contributed by atoms with Crippen LogP contribution in [0.3, 0.4) is 0 Å². The molecule has 0 saturated carbocycles. The number of amides is 7. The van der Waals surface area contributed by atoms with Gasteiger partial charge in [-0.2, -0.15) is 5.70 Å². The predicted molar refractivity (Wildman–Crippen MR) is 254 cm³/mol. The van der Waals surface area contributed by atoms with Gasteiger partial charge < -0.3 is 50.1 Å². The molecule has 0 unspecified atom stereocenters. The molecule has 68 heavy (non-hydrogen) atoms. The average molecular weight is 990 g/mol. The van der Waals surface area contributed by atoms with E-state index in [2.05, 4.69) is 5.32 Å². The number of aliphatic hydroxyl groups excluding tert-OH is 1. The van der Waals surface area contributed by atoms with Crippen molar-refractivity contribution in [3.63, 3.8) is 0 Å². The van der Waals surface area contributed by atoms with E-state index >= 15 is 0 Å². The first-order chi connectivity index (χ1) is 30.9. The Bertz CT molecular complexity index is 2320. The quantitative estimate of drug-likeness (QED) is 0.0894. The molecule has 5 heterocycles. The van der Waals surface area contributed by atoms with E-state index < -0.39 is 98.5 Å². The molecule has 0 spiro atoms. The summed E-state index contributed by atoms with van der Waals surface area (Å²) in [6.07, 6.45) is 1.02. The van der Waals surface area contributed by atoms with Crippen LogP contribution < -0.4 is 39.7 Å². The van der Waals surface area contributed by atoms with Gasteiger partial charge in [-0.1, -0.05) is 40.7 Å². The van der Waals surface area contributed by atoms with Gasteiger partial charge in [0, 0.05) is 108 Å². The van der Waals surface area contributed by atoms with E-state index in [0.29, 0.717) is 51.8 Å². The number of carbonyl (C=O) groups is 7. The van der Waals surface area contributed by atoms with E-state index in [1.165, 1.54) is 0 Å². The molecule has 5 aliphatic rings. The van der Waals surface area contributed by atoms with Crippen LogP contribution in [0.1, 0.15) is 133 Å². The number of hydrogen-bond acceptors (Lipinski definition) is 11. The van der Waals surface area contributed by atoms with Crippen LogP contribution in [0, 0.1) is 45.3 Å². The van der Waals surface area contributed by atoms with E-state index in [4.69, 9.17) is 54.7 Å². The van der Waals surface area contributed by atoms with Gasteiger partial charge >= 0.3 is 16.8 Å². The molecule has 1 radical (unpaired) electrons.